The lowest BCUT2D eigenvalue weighted by molar-refractivity contribution is -0.493. The maximum absolute atomic E-state index is 9.99. The zero-order valence-corrected chi connectivity index (χ0v) is 7.24. The Kier molecular flexibility index (Phi) is 4.55. The van der Waals surface area contributed by atoms with Gasteiger partial charge in [0.15, 0.2) is 0 Å². The summed E-state index contributed by atoms with van der Waals surface area (Å²) < 4.78 is 0. The number of halogens is 1. The zero-order valence-electron chi connectivity index (χ0n) is 5.66. The molecule has 0 rings (SSSR count). The summed E-state index contributed by atoms with van der Waals surface area (Å²) in [5, 5.41) is 18.7. The van der Waals surface area contributed by atoms with Crippen LogP contribution in [-0.2, 0) is 0 Å². The van der Waals surface area contributed by atoms with Crippen LogP contribution < -0.4 is 0 Å². The highest BCUT2D eigenvalue weighted by Gasteiger charge is 2.14. The van der Waals surface area contributed by atoms with Crippen molar-refractivity contribution in [2.75, 3.05) is 0 Å². The molecule has 2 atom stereocenters. The molecular weight excluding hydrogens is 202 g/mol. The van der Waals surface area contributed by atoms with Crippen molar-refractivity contribution in [2.24, 2.45) is 0 Å². The Bertz CT molecular complexity index is 117. The van der Waals surface area contributed by atoms with Crippen molar-refractivity contribution in [1.82, 2.24) is 0 Å². The van der Waals surface area contributed by atoms with Crippen LogP contribution in [0.25, 0.3) is 0 Å². The molecule has 5 heteroatoms. The van der Waals surface area contributed by atoms with E-state index in [9.17, 15) is 10.1 Å². The van der Waals surface area contributed by atoms with E-state index < -0.39 is 16.0 Å². The van der Waals surface area contributed by atoms with Crippen LogP contribution in [0.2, 0.25) is 0 Å². The van der Waals surface area contributed by atoms with Gasteiger partial charge in [-0.05, 0) is 29.3 Å². The Morgan fingerprint density at radius 1 is 1.70 bits per heavy atom. The van der Waals surface area contributed by atoms with Crippen LogP contribution >= 0.6 is 15.9 Å². The van der Waals surface area contributed by atoms with Gasteiger partial charge in [0.2, 0.25) is 0 Å². The second kappa shape index (κ2) is 4.62. The van der Waals surface area contributed by atoms with E-state index in [0.717, 1.165) is 0 Å². The second-order valence-electron chi connectivity index (χ2n) is 2.15. The predicted molar refractivity (Wildman–Crippen MR) is 40.6 cm³/mol. The Morgan fingerprint density at radius 2 is 2.20 bits per heavy atom. The van der Waals surface area contributed by atoms with E-state index in [-0.39, 0.29) is 0 Å². The zero-order chi connectivity index (χ0) is 8.15. The SMILES string of the molecule is CC(O)CCC(Br)[N+](=O)[O-]. The third kappa shape index (κ3) is 4.69. The Morgan fingerprint density at radius 3 is 2.50 bits per heavy atom. The minimum atomic E-state index is -0.720. The molecule has 4 nitrogen and oxygen atoms in total. The van der Waals surface area contributed by atoms with Gasteiger partial charge < -0.3 is 5.11 Å². The van der Waals surface area contributed by atoms with Gasteiger partial charge in [-0.3, -0.25) is 10.1 Å². The van der Waals surface area contributed by atoms with Crippen LogP contribution in [0.1, 0.15) is 19.8 Å². The Labute approximate surface area is 67.5 Å². The van der Waals surface area contributed by atoms with Crippen molar-refractivity contribution in [2.45, 2.75) is 30.8 Å². The van der Waals surface area contributed by atoms with Crippen molar-refractivity contribution in [3.8, 4) is 0 Å². The fourth-order valence-electron chi connectivity index (χ4n) is 0.484. The van der Waals surface area contributed by atoms with Gasteiger partial charge in [-0.1, -0.05) is 0 Å². The van der Waals surface area contributed by atoms with Crippen molar-refractivity contribution >= 4 is 15.9 Å². The number of aliphatic hydroxyl groups excluding tert-OH is 1. The minimum Gasteiger partial charge on any atom is -0.393 e. The smallest absolute Gasteiger partial charge is 0.265 e. The van der Waals surface area contributed by atoms with Crippen molar-refractivity contribution in [3.63, 3.8) is 0 Å². The molecule has 60 valence electrons. The molecule has 0 aliphatic heterocycles. The molecule has 1 N–H and O–H groups in total. The standard InChI is InChI=1S/C5H10BrNO3/c1-4(8)2-3-5(6)7(9)10/h4-5,8H,2-3H2,1H3. The largest absolute Gasteiger partial charge is 0.393 e. The number of hydrogen-bond acceptors (Lipinski definition) is 3. The van der Waals surface area contributed by atoms with Crippen LogP contribution in [0, 0.1) is 10.1 Å². The van der Waals surface area contributed by atoms with E-state index >= 15 is 0 Å². The van der Waals surface area contributed by atoms with Crippen LogP contribution in [0.5, 0.6) is 0 Å². The number of hydrogen-bond donors (Lipinski definition) is 1. The highest BCUT2D eigenvalue weighted by atomic mass is 79.9. The quantitative estimate of drug-likeness (QED) is 0.329. The van der Waals surface area contributed by atoms with Crippen molar-refractivity contribution < 1.29 is 10.0 Å². The molecule has 0 aliphatic carbocycles. The molecule has 0 bridgehead atoms. The molecule has 0 aromatic heterocycles. The minimum absolute atomic E-state index is 0.366. The molecule has 0 saturated heterocycles. The van der Waals surface area contributed by atoms with E-state index in [4.69, 9.17) is 5.11 Å². The Hall–Kier alpha value is -0.160. The van der Waals surface area contributed by atoms with Crippen molar-refractivity contribution in [3.05, 3.63) is 10.1 Å². The summed E-state index contributed by atoms with van der Waals surface area (Å²) in [4.78, 5) is 8.85. The first kappa shape index (κ1) is 9.84. The number of nitrogens with zero attached hydrogens (tertiary/aromatic N) is 1. The molecule has 0 spiro atoms. The number of rotatable bonds is 4. The van der Waals surface area contributed by atoms with Gasteiger partial charge in [0, 0.05) is 11.3 Å². The van der Waals surface area contributed by atoms with Crippen molar-refractivity contribution in [1.29, 1.82) is 0 Å². The van der Waals surface area contributed by atoms with Gasteiger partial charge in [-0.2, -0.15) is 0 Å². The first-order valence-electron chi connectivity index (χ1n) is 2.99. The second-order valence-corrected chi connectivity index (χ2v) is 3.20. The third-order valence-electron chi connectivity index (χ3n) is 1.05. The average molecular weight is 212 g/mol. The molecule has 2 unspecified atom stereocenters. The molecule has 0 saturated carbocycles. The molecule has 10 heavy (non-hydrogen) atoms. The lowest BCUT2D eigenvalue weighted by atomic mass is 10.2. The molecule has 0 radical (unpaired) electrons. The molecule has 0 fully saturated rings. The van der Waals surface area contributed by atoms with Gasteiger partial charge in [0.05, 0.1) is 6.10 Å². The van der Waals surface area contributed by atoms with Gasteiger partial charge >= 0.3 is 0 Å². The summed E-state index contributed by atoms with van der Waals surface area (Å²) in [6.07, 6.45) is 0.363. The third-order valence-corrected chi connectivity index (χ3v) is 1.84. The maximum atomic E-state index is 9.99. The fraction of sp³-hybridized carbons (Fsp3) is 1.00. The molecule has 0 heterocycles. The summed E-state index contributed by atoms with van der Waals surface area (Å²) in [6, 6.07) is 0. The van der Waals surface area contributed by atoms with E-state index in [2.05, 4.69) is 15.9 Å². The maximum Gasteiger partial charge on any atom is 0.265 e. The Balaban J connectivity index is 3.40. The van der Waals surface area contributed by atoms with Gasteiger partial charge in [0.1, 0.15) is 0 Å². The van der Waals surface area contributed by atoms with E-state index in [0.29, 0.717) is 12.8 Å². The lowest BCUT2D eigenvalue weighted by Crippen LogP contribution is -2.13. The summed E-state index contributed by atoms with van der Waals surface area (Å²) in [7, 11) is 0. The first-order chi connectivity index (χ1) is 4.54. The van der Waals surface area contributed by atoms with Gasteiger partial charge in [0.25, 0.3) is 4.95 Å². The number of nitro groups is 1. The molecular formula is C5H10BrNO3. The van der Waals surface area contributed by atoms with Crippen LogP contribution in [0.4, 0.5) is 0 Å². The summed E-state index contributed by atoms with van der Waals surface area (Å²) >= 11 is 2.86. The fourth-order valence-corrected chi connectivity index (χ4v) is 0.748. The first-order valence-corrected chi connectivity index (χ1v) is 3.91. The summed E-state index contributed by atoms with van der Waals surface area (Å²) in [5.41, 5.74) is 0. The molecule has 0 aromatic rings. The van der Waals surface area contributed by atoms with Crippen LogP contribution in [0.15, 0.2) is 0 Å². The summed E-state index contributed by atoms with van der Waals surface area (Å²) in [5.74, 6) is 0. The summed E-state index contributed by atoms with van der Waals surface area (Å²) in [6.45, 7) is 1.61. The lowest BCUT2D eigenvalue weighted by Gasteiger charge is -2.03. The molecule has 0 amide bonds. The van der Waals surface area contributed by atoms with Gasteiger partial charge in [-0.15, -0.1) is 0 Å². The highest BCUT2D eigenvalue weighted by molar-refractivity contribution is 9.09. The van der Waals surface area contributed by atoms with Crippen LogP contribution in [-0.4, -0.2) is 21.1 Å². The number of aliphatic hydroxyl groups is 1. The van der Waals surface area contributed by atoms with E-state index in [1.54, 1.807) is 6.92 Å². The van der Waals surface area contributed by atoms with E-state index in [1.807, 2.05) is 0 Å². The van der Waals surface area contributed by atoms with Gasteiger partial charge in [-0.25, -0.2) is 0 Å². The normalized spacial score (nSPS) is 16.3. The monoisotopic (exact) mass is 211 g/mol. The molecule has 0 aromatic carbocycles. The molecule has 0 aliphatic rings. The topological polar surface area (TPSA) is 63.4 Å². The highest BCUT2D eigenvalue weighted by Crippen LogP contribution is 2.09. The van der Waals surface area contributed by atoms with Crippen LogP contribution in [0.3, 0.4) is 0 Å². The number of alkyl halides is 1. The van der Waals surface area contributed by atoms with E-state index in [1.165, 1.54) is 0 Å². The predicted octanol–water partition coefficient (Wildman–Crippen LogP) is 1.15. The average Bonchev–Trinajstić information content (AvgIpc) is 1.82.